The molecule has 1 aliphatic rings. The molecule has 0 atom stereocenters. The SMILES string of the molecule is CN(CC(=O)c1ccc2c(c1)CCO2)Cc1cc(Br)cs1. The lowest BCUT2D eigenvalue weighted by Crippen LogP contribution is -2.25. The van der Waals surface area contributed by atoms with Gasteiger partial charge in [0, 0.05) is 33.3 Å². The third kappa shape index (κ3) is 3.54. The molecule has 3 nitrogen and oxygen atoms in total. The molecule has 2 aromatic rings. The molecule has 1 aromatic carbocycles. The molecule has 21 heavy (non-hydrogen) atoms. The van der Waals surface area contributed by atoms with Crippen LogP contribution in [0.2, 0.25) is 0 Å². The Kier molecular flexibility index (Phi) is 4.42. The standard InChI is InChI=1S/C16H16BrNO2S/c1-18(8-14-7-13(17)10-21-14)9-15(19)11-2-3-16-12(6-11)4-5-20-16/h2-3,6-7,10H,4-5,8-9H2,1H3. The van der Waals surface area contributed by atoms with Gasteiger partial charge in [0.15, 0.2) is 5.78 Å². The Labute approximate surface area is 136 Å². The number of carbonyl (C=O) groups is 1. The van der Waals surface area contributed by atoms with Crippen molar-refractivity contribution in [1.29, 1.82) is 0 Å². The number of nitrogens with zero attached hydrogens (tertiary/aromatic N) is 1. The number of carbonyl (C=O) groups excluding carboxylic acids is 1. The van der Waals surface area contributed by atoms with Gasteiger partial charge >= 0.3 is 0 Å². The van der Waals surface area contributed by atoms with Crippen LogP contribution in [0.15, 0.2) is 34.1 Å². The largest absolute Gasteiger partial charge is 0.493 e. The fourth-order valence-electron chi connectivity index (χ4n) is 2.46. The summed E-state index contributed by atoms with van der Waals surface area (Å²) in [6.45, 7) is 1.94. The van der Waals surface area contributed by atoms with Crippen LogP contribution in [0.1, 0.15) is 20.8 Å². The van der Waals surface area contributed by atoms with Crippen molar-refractivity contribution < 1.29 is 9.53 Å². The second-order valence-corrected chi connectivity index (χ2v) is 7.16. The maximum Gasteiger partial charge on any atom is 0.176 e. The molecule has 0 radical (unpaired) electrons. The molecule has 0 saturated carbocycles. The van der Waals surface area contributed by atoms with Crippen LogP contribution in [-0.2, 0) is 13.0 Å². The highest BCUT2D eigenvalue weighted by atomic mass is 79.9. The van der Waals surface area contributed by atoms with Crippen molar-refractivity contribution in [3.8, 4) is 5.75 Å². The molecule has 2 heterocycles. The van der Waals surface area contributed by atoms with E-state index in [1.807, 2.05) is 30.1 Å². The zero-order valence-electron chi connectivity index (χ0n) is 11.8. The van der Waals surface area contributed by atoms with Crippen LogP contribution in [0.5, 0.6) is 5.75 Å². The van der Waals surface area contributed by atoms with Crippen molar-refractivity contribution in [3.05, 3.63) is 50.1 Å². The van der Waals surface area contributed by atoms with E-state index in [2.05, 4.69) is 27.4 Å². The Bertz CT molecular complexity index is 668. The summed E-state index contributed by atoms with van der Waals surface area (Å²) < 4.78 is 6.57. The number of ether oxygens (including phenoxy) is 1. The smallest absolute Gasteiger partial charge is 0.176 e. The van der Waals surface area contributed by atoms with Crippen molar-refractivity contribution in [1.82, 2.24) is 4.90 Å². The van der Waals surface area contributed by atoms with Gasteiger partial charge in [-0.1, -0.05) is 0 Å². The van der Waals surface area contributed by atoms with Gasteiger partial charge in [-0.2, -0.15) is 0 Å². The molecular formula is C16H16BrNO2S. The quantitative estimate of drug-likeness (QED) is 0.755. The first kappa shape index (κ1) is 14.8. The summed E-state index contributed by atoms with van der Waals surface area (Å²) >= 11 is 5.15. The van der Waals surface area contributed by atoms with E-state index >= 15 is 0 Å². The Morgan fingerprint density at radius 3 is 3.05 bits per heavy atom. The summed E-state index contributed by atoms with van der Waals surface area (Å²) in [6, 6.07) is 7.84. The number of fused-ring (bicyclic) bond motifs is 1. The van der Waals surface area contributed by atoms with Gasteiger partial charge in [0.1, 0.15) is 5.75 Å². The van der Waals surface area contributed by atoms with E-state index in [-0.39, 0.29) is 5.78 Å². The second-order valence-electron chi connectivity index (χ2n) is 5.25. The molecule has 3 rings (SSSR count). The first-order valence-corrected chi connectivity index (χ1v) is 8.49. The Balaban J connectivity index is 1.63. The maximum absolute atomic E-state index is 12.4. The van der Waals surface area contributed by atoms with E-state index in [9.17, 15) is 4.79 Å². The lowest BCUT2D eigenvalue weighted by atomic mass is 10.1. The minimum Gasteiger partial charge on any atom is -0.493 e. The van der Waals surface area contributed by atoms with Gasteiger partial charge in [-0.25, -0.2) is 0 Å². The van der Waals surface area contributed by atoms with E-state index in [0.29, 0.717) is 6.54 Å². The molecule has 0 unspecified atom stereocenters. The topological polar surface area (TPSA) is 29.5 Å². The van der Waals surface area contributed by atoms with E-state index < -0.39 is 0 Å². The summed E-state index contributed by atoms with van der Waals surface area (Å²) in [7, 11) is 1.97. The fourth-order valence-corrected chi connectivity index (χ4v) is 3.99. The molecule has 1 aliphatic heterocycles. The number of hydrogen-bond acceptors (Lipinski definition) is 4. The first-order valence-electron chi connectivity index (χ1n) is 6.82. The second kappa shape index (κ2) is 6.30. The minimum atomic E-state index is 0.155. The Hall–Kier alpha value is -1.17. The summed E-state index contributed by atoms with van der Waals surface area (Å²) in [5.41, 5.74) is 1.92. The molecule has 5 heteroatoms. The molecular weight excluding hydrogens is 350 g/mol. The van der Waals surface area contributed by atoms with Crippen LogP contribution in [0, 0.1) is 0 Å². The Morgan fingerprint density at radius 2 is 2.29 bits per heavy atom. The molecule has 0 bridgehead atoms. The monoisotopic (exact) mass is 365 g/mol. The van der Waals surface area contributed by atoms with Crippen LogP contribution in [0.3, 0.4) is 0 Å². The van der Waals surface area contributed by atoms with Crippen molar-refractivity contribution in [3.63, 3.8) is 0 Å². The van der Waals surface area contributed by atoms with Gasteiger partial charge in [0.05, 0.1) is 13.2 Å². The highest BCUT2D eigenvalue weighted by molar-refractivity contribution is 9.10. The van der Waals surface area contributed by atoms with Crippen LogP contribution in [0.4, 0.5) is 0 Å². The normalized spacial score (nSPS) is 13.3. The van der Waals surface area contributed by atoms with Crippen LogP contribution in [-0.4, -0.2) is 30.9 Å². The highest BCUT2D eigenvalue weighted by Gasteiger charge is 2.16. The number of hydrogen-bond donors (Lipinski definition) is 0. The van der Waals surface area contributed by atoms with Gasteiger partial charge in [-0.05, 0) is 52.8 Å². The predicted molar refractivity (Wildman–Crippen MR) is 88.3 cm³/mol. The van der Waals surface area contributed by atoms with Gasteiger partial charge in [0.2, 0.25) is 0 Å². The third-order valence-electron chi connectivity index (χ3n) is 3.47. The minimum absolute atomic E-state index is 0.155. The first-order chi connectivity index (χ1) is 10.1. The lowest BCUT2D eigenvalue weighted by molar-refractivity contribution is 0.0943. The van der Waals surface area contributed by atoms with Gasteiger partial charge in [0.25, 0.3) is 0 Å². The van der Waals surface area contributed by atoms with Crippen molar-refractivity contribution in [2.75, 3.05) is 20.2 Å². The highest BCUT2D eigenvalue weighted by Crippen LogP contribution is 2.26. The van der Waals surface area contributed by atoms with E-state index in [4.69, 9.17) is 4.74 Å². The number of likely N-dealkylation sites (N-methyl/N-ethyl adjacent to an activating group) is 1. The number of thiophene rings is 1. The van der Waals surface area contributed by atoms with Gasteiger partial charge in [-0.15, -0.1) is 11.3 Å². The predicted octanol–water partition coefficient (Wildman–Crippen LogP) is 3.76. The van der Waals surface area contributed by atoms with E-state index in [0.717, 1.165) is 40.9 Å². The van der Waals surface area contributed by atoms with Crippen LogP contribution < -0.4 is 4.74 Å². The molecule has 1 aromatic heterocycles. The van der Waals surface area contributed by atoms with E-state index in [1.165, 1.54) is 4.88 Å². The zero-order chi connectivity index (χ0) is 14.8. The lowest BCUT2D eigenvalue weighted by Gasteiger charge is -2.14. The summed E-state index contributed by atoms with van der Waals surface area (Å²) in [6.07, 6.45) is 0.898. The summed E-state index contributed by atoms with van der Waals surface area (Å²) in [5, 5.41) is 2.06. The molecule has 0 saturated heterocycles. The number of benzene rings is 1. The number of ketones is 1. The molecule has 0 aliphatic carbocycles. The summed E-state index contributed by atoms with van der Waals surface area (Å²) in [5.74, 6) is 1.08. The number of Topliss-reactive ketones (excluding diaryl/α,β-unsaturated/α-hetero) is 1. The van der Waals surface area contributed by atoms with Gasteiger partial charge in [-0.3, -0.25) is 9.69 Å². The number of halogens is 1. The third-order valence-corrected chi connectivity index (χ3v) is 5.15. The molecule has 0 amide bonds. The average Bonchev–Trinajstić information content (AvgIpc) is 3.06. The van der Waals surface area contributed by atoms with Crippen molar-refractivity contribution in [2.24, 2.45) is 0 Å². The Morgan fingerprint density at radius 1 is 1.43 bits per heavy atom. The van der Waals surface area contributed by atoms with E-state index in [1.54, 1.807) is 11.3 Å². The molecule has 0 N–H and O–H groups in total. The molecule has 0 fully saturated rings. The fraction of sp³-hybridized carbons (Fsp3) is 0.312. The molecule has 110 valence electrons. The van der Waals surface area contributed by atoms with Crippen LogP contribution in [0.25, 0.3) is 0 Å². The van der Waals surface area contributed by atoms with Crippen molar-refractivity contribution >= 4 is 33.0 Å². The van der Waals surface area contributed by atoms with Crippen LogP contribution >= 0.6 is 27.3 Å². The van der Waals surface area contributed by atoms with Crippen molar-refractivity contribution in [2.45, 2.75) is 13.0 Å². The maximum atomic E-state index is 12.4. The van der Waals surface area contributed by atoms with Gasteiger partial charge < -0.3 is 4.74 Å². The zero-order valence-corrected chi connectivity index (χ0v) is 14.2. The summed E-state index contributed by atoms with van der Waals surface area (Å²) in [4.78, 5) is 15.7. The average molecular weight is 366 g/mol. The number of rotatable bonds is 5. The molecule has 0 spiro atoms.